The van der Waals surface area contributed by atoms with E-state index in [-0.39, 0.29) is 0 Å². The molecule has 2 heterocycles. The molecule has 0 unspecified atom stereocenters. The maximum Gasteiger partial charge on any atom is 0.327 e. The van der Waals surface area contributed by atoms with Crippen molar-refractivity contribution in [1.82, 2.24) is 4.90 Å². The van der Waals surface area contributed by atoms with Crippen LogP contribution in [0, 0.1) is 0 Å². The van der Waals surface area contributed by atoms with Crippen molar-refractivity contribution in [3.8, 4) is 0 Å². The second kappa shape index (κ2) is 3.67. The Morgan fingerprint density at radius 3 is 2.54 bits per heavy atom. The molecular weight excluding hydrogens is 193 g/mol. The van der Waals surface area contributed by atoms with E-state index in [1.165, 1.54) is 12.8 Å². The highest BCUT2D eigenvalue weighted by molar-refractivity contribution is 7.34. The Morgan fingerprint density at radius 2 is 2.00 bits per heavy atom. The van der Waals surface area contributed by atoms with Gasteiger partial charge >= 0.3 is 8.25 Å². The quantitative estimate of drug-likeness (QED) is 0.685. The maximum absolute atomic E-state index is 10.5. The monoisotopic (exact) mass is 207 g/mol. The SMILES string of the molecule is O=[PH]1OC(O)(CCN2CCCC2)O1. The Labute approximate surface area is 77.6 Å². The van der Waals surface area contributed by atoms with E-state index in [0.29, 0.717) is 6.42 Å². The molecule has 5 nitrogen and oxygen atoms in total. The standard InChI is InChI=1S/C7H14NO4P/c9-7(11-13(10)12-7)3-6-8-4-1-2-5-8/h9,13H,1-6H2. The first-order chi connectivity index (χ1) is 6.18. The van der Waals surface area contributed by atoms with Crippen LogP contribution < -0.4 is 0 Å². The molecule has 0 bridgehead atoms. The summed E-state index contributed by atoms with van der Waals surface area (Å²) >= 11 is 0. The minimum atomic E-state index is -2.36. The Balaban J connectivity index is 1.70. The fourth-order valence-electron chi connectivity index (χ4n) is 1.68. The molecule has 1 N–H and O–H groups in total. The summed E-state index contributed by atoms with van der Waals surface area (Å²) in [7, 11) is -2.36. The average Bonchev–Trinajstić information content (AvgIpc) is 2.50. The summed E-state index contributed by atoms with van der Waals surface area (Å²) in [5.41, 5.74) is 0. The molecular formula is C7H14NO4P. The molecule has 2 rings (SSSR count). The van der Waals surface area contributed by atoms with Crippen molar-refractivity contribution in [3.05, 3.63) is 0 Å². The van der Waals surface area contributed by atoms with Gasteiger partial charge in [-0.15, -0.1) is 0 Å². The van der Waals surface area contributed by atoms with Crippen LogP contribution in [0.25, 0.3) is 0 Å². The van der Waals surface area contributed by atoms with Crippen molar-refractivity contribution in [1.29, 1.82) is 0 Å². The third-order valence-corrected chi connectivity index (χ3v) is 3.40. The largest absolute Gasteiger partial charge is 0.343 e. The van der Waals surface area contributed by atoms with Gasteiger partial charge in [0.2, 0.25) is 0 Å². The molecule has 2 saturated heterocycles. The van der Waals surface area contributed by atoms with E-state index in [0.717, 1.165) is 19.6 Å². The van der Waals surface area contributed by atoms with Gasteiger partial charge in [-0.3, -0.25) is 13.6 Å². The van der Waals surface area contributed by atoms with Crippen molar-refractivity contribution in [2.45, 2.75) is 25.2 Å². The van der Waals surface area contributed by atoms with Gasteiger partial charge in [-0.1, -0.05) is 0 Å². The predicted octanol–water partition coefficient (Wildman–Crippen LogP) is 0.555. The molecule has 0 amide bonds. The lowest BCUT2D eigenvalue weighted by atomic mass is 10.3. The normalized spacial score (nSPS) is 40.5. The lowest BCUT2D eigenvalue weighted by Crippen LogP contribution is -2.42. The molecule has 76 valence electrons. The zero-order valence-corrected chi connectivity index (χ0v) is 8.36. The summed E-state index contributed by atoms with van der Waals surface area (Å²) in [4.78, 5) is 2.24. The van der Waals surface area contributed by atoms with Gasteiger partial charge in [-0.25, -0.2) is 0 Å². The zero-order valence-electron chi connectivity index (χ0n) is 7.36. The zero-order chi connectivity index (χ0) is 9.31. The molecule has 0 radical (unpaired) electrons. The molecule has 6 heteroatoms. The fraction of sp³-hybridized carbons (Fsp3) is 1.00. The predicted molar refractivity (Wildman–Crippen MR) is 46.4 cm³/mol. The van der Waals surface area contributed by atoms with Crippen LogP contribution in [0.4, 0.5) is 0 Å². The second-order valence-electron chi connectivity index (χ2n) is 3.47. The van der Waals surface area contributed by atoms with Crippen molar-refractivity contribution in [3.63, 3.8) is 0 Å². The van der Waals surface area contributed by atoms with Gasteiger partial charge < -0.3 is 10.0 Å². The van der Waals surface area contributed by atoms with Crippen LogP contribution in [-0.2, 0) is 13.6 Å². The summed E-state index contributed by atoms with van der Waals surface area (Å²) in [5, 5.41) is 9.40. The van der Waals surface area contributed by atoms with E-state index in [1.54, 1.807) is 0 Å². The molecule has 0 saturated carbocycles. The fourth-order valence-corrected chi connectivity index (χ4v) is 2.42. The lowest BCUT2D eigenvalue weighted by Gasteiger charge is -2.35. The number of nitrogens with zero attached hydrogens (tertiary/aromatic N) is 1. The summed E-state index contributed by atoms with van der Waals surface area (Å²) in [6.45, 7) is 2.89. The van der Waals surface area contributed by atoms with Crippen LogP contribution in [-0.4, -0.2) is 35.6 Å². The van der Waals surface area contributed by atoms with Gasteiger partial charge in [0.05, 0.1) is 0 Å². The van der Waals surface area contributed by atoms with Gasteiger partial charge in [0, 0.05) is 13.0 Å². The molecule has 2 aliphatic rings. The smallest absolute Gasteiger partial charge is 0.327 e. The van der Waals surface area contributed by atoms with Crippen molar-refractivity contribution in [2.75, 3.05) is 19.6 Å². The van der Waals surface area contributed by atoms with Crippen LogP contribution in [0.15, 0.2) is 0 Å². The number of likely N-dealkylation sites (tertiary alicyclic amines) is 1. The Kier molecular flexibility index (Phi) is 2.72. The Hall–Kier alpha value is 0.0700. The van der Waals surface area contributed by atoms with E-state index < -0.39 is 14.2 Å². The Morgan fingerprint density at radius 1 is 1.38 bits per heavy atom. The minimum Gasteiger partial charge on any atom is -0.343 e. The number of aliphatic hydroxyl groups is 1. The maximum atomic E-state index is 10.5. The highest BCUT2D eigenvalue weighted by Crippen LogP contribution is 2.48. The van der Waals surface area contributed by atoms with Gasteiger partial charge in [0.1, 0.15) is 0 Å². The van der Waals surface area contributed by atoms with Crippen LogP contribution >= 0.6 is 8.25 Å². The van der Waals surface area contributed by atoms with E-state index in [9.17, 15) is 9.67 Å². The minimum absolute atomic E-state index is 0.378. The van der Waals surface area contributed by atoms with E-state index in [4.69, 9.17) is 0 Å². The van der Waals surface area contributed by atoms with Crippen molar-refractivity contribution < 1.29 is 18.7 Å². The summed E-state index contributed by atoms with van der Waals surface area (Å²) in [5.74, 6) is -1.56. The summed E-state index contributed by atoms with van der Waals surface area (Å²) < 4.78 is 19.8. The Bertz CT molecular complexity index is 209. The molecule has 0 aromatic heterocycles. The molecule has 2 fully saturated rings. The van der Waals surface area contributed by atoms with Crippen molar-refractivity contribution in [2.24, 2.45) is 0 Å². The highest BCUT2D eigenvalue weighted by Gasteiger charge is 2.43. The van der Waals surface area contributed by atoms with Gasteiger partial charge in [-0.05, 0) is 25.9 Å². The molecule has 13 heavy (non-hydrogen) atoms. The molecule has 0 aromatic rings. The van der Waals surface area contributed by atoms with Gasteiger partial charge in [0.25, 0.3) is 5.97 Å². The topological polar surface area (TPSA) is 59.0 Å². The van der Waals surface area contributed by atoms with Crippen LogP contribution in [0.2, 0.25) is 0 Å². The van der Waals surface area contributed by atoms with Crippen molar-refractivity contribution >= 4 is 8.25 Å². The number of hydrogen-bond acceptors (Lipinski definition) is 5. The molecule has 0 spiro atoms. The molecule has 2 aliphatic heterocycles. The van der Waals surface area contributed by atoms with Gasteiger partial charge in [0.15, 0.2) is 0 Å². The molecule has 0 aliphatic carbocycles. The number of hydrogen-bond donors (Lipinski definition) is 1. The third kappa shape index (κ3) is 2.30. The number of rotatable bonds is 3. The third-order valence-electron chi connectivity index (χ3n) is 2.43. The average molecular weight is 207 g/mol. The first-order valence-corrected chi connectivity index (χ1v) is 5.77. The van der Waals surface area contributed by atoms with E-state index >= 15 is 0 Å². The molecule has 0 aromatic carbocycles. The summed E-state index contributed by atoms with van der Waals surface area (Å²) in [6, 6.07) is 0. The second-order valence-corrected chi connectivity index (χ2v) is 4.37. The first kappa shape index (κ1) is 9.62. The van der Waals surface area contributed by atoms with Gasteiger partial charge in [-0.2, -0.15) is 0 Å². The molecule has 0 atom stereocenters. The van der Waals surface area contributed by atoms with Crippen LogP contribution in [0.1, 0.15) is 19.3 Å². The van der Waals surface area contributed by atoms with E-state index in [2.05, 4.69) is 13.9 Å². The van der Waals surface area contributed by atoms with Crippen LogP contribution in [0.3, 0.4) is 0 Å². The van der Waals surface area contributed by atoms with E-state index in [1.807, 2.05) is 0 Å². The van der Waals surface area contributed by atoms with Crippen LogP contribution in [0.5, 0.6) is 0 Å². The first-order valence-electron chi connectivity index (χ1n) is 4.55. The summed E-state index contributed by atoms with van der Waals surface area (Å²) in [6.07, 6.45) is 2.82. The lowest BCUT2D eigenvalue weighted by molar-refractivity contribution is -0.330. The highest BCUT2D eigenvalue weighted by atomic mass is 31.1.